The Hall–Kier alpha value is -2.52. The van der Waals surface area contributed by atoms with Gasteiger partial charge in [0.2, 0.25) is 0 Å². The molecule has 0 amide bonds. The molecule has 7 nitrogen and oxygen atoms in total. The number of hydrogen-bond donors (Lipinski definition) is 3. The first-order valence-electron chi connectivity index (χ1n) is 11.9. The fourth-order valence-electron chi connectivity index (χ4n) is 5.32. The summed E-state index contributed by atoms with van der Waals surface area (Å²) in [5.41, 5.74) is 8.00. The summed E-state index contributed by atoms with van der Waals surface area (Å²) in [7, 11) is 0. The van der Waals surface area contributed by atoms with Crippen molar-refractivity contribution in [3.05, 3.63) is 40.9 Å². The second kappa shape index (κ2) is 7.77. The van der Waals surface area contributed by atoms with Gasteiger partial charge in [-0.25, -0.2) is 4.98 Å². The number of fused-ring (bicyclic) bond motifs is 3. The average Bonchev–Trinajstić information content (AvgIpc) is 3.34. The number of nitrogens with zero attached hydrogens (tertiary/aromatic N) is 3. The molecule has 2 aliphatic heterocycles. The van der Waals surface area contributed by atoms with Gasteiger partial charge >= 0.3 is 0 Å². The van der Waals surface area contributed by atoms with Gasteiger partial charge in [-0.2, -0.15) is 0 Å². The third-order valence-corrected chi connectivity index (χ3v) is 8.39. The minimum absolute atomic E-state index is 0.194. The van der Waals surface area contributed by atoms with Crippen LogP contribution >= 0.6 is 11.3 Å². The van der Waals surface area contributed by atoms with E-state index in [2.05, 4.69) is 43.8 Å². The van der Waals surface area contributed by atoms with E-state index in [1.54, 1.807) is 11.3 Å². The van der Waals surface area contributed by atoms with Gasteiger partial charge < -0.3 is 20.1 Å². The number of aromatic nitrogens is 3. The average molecular weight is 462 g/mol. The minimum Gasteiger partial charge on any atom is -0.393 e. The number of ether oxygens (including phenoxy) is 1. The Labute approximate surface area is 195 Å². The van der Waals surface area contributed by atoms with Gasteiger partial charge in [0, 0.05) is 25.3 Å². The molecule has 170 valence electrons. The van der Waals surface area contributed by atoms with Crippen molar-refractivity contribution >= 4 is 38.3 Å². The topological polar surface area (TPSA) is 86.3 Å². The van der Waals surface area contributed by atoms with E-state index in [1.807, 2.05) is 6.20 Å². The summed E-state index contributed by atoms with van der Waals surface area (Å²) in [5.74, 6) is 0.851. The number of thiophene rings is 1. The largest absolute Gasteiger partial charge is 0.393 e. The summed E-state index contributed by atoms with van der Waals surface area (Å²) in [6.45, 7) is 3.93. The van der Waals surface area contributed by atoms with Crippen LogP contribution in [0.25, 0.3) is 32.6 Å². The van der Waals surface area contributed by atoms with E-state index >= 15 is 0 Å². The van der Waals surface area contributed by atoms with E-state index in [9.17, 15) is 5.11 Å². The lowest BCUT2D eigenvalue weighted by molar-refractivity contribution is -0.0634. The molecule has 1 aliphatic carbocycles. The van der Waals surface area contributed by atoms with Gasteiger partial charge in [0.25, 0.3) is 0 Å². The van der Waals surface area contributed by atoms with Crippen LogP contribution in [-0.2, 0) is 17.6 Å². The second-order valence-corrected chi connectivity index (χ2v) is 10.5. The molecule has 2 fully saturated rings. The number of H-pyrrole nitrogens is 1. The molecule has 3 N–H and O–H groups in total. The van der Waals surface area contributed by atoms with Crippen LogP contribution in [0.5, 0.6) is 0 Å². The maximum Gasteiger partial charge on any atom is 0.142 e. The van der Waals surface area contributed by atoms with Crippen molar-refractivity contribution in [3.63, 3.8) is 0 Å². The molecule has 1 aromatic carbocycles. The third-order valence-electron chi connectivity index (χ3n) is 7.47. The first-order chi connectivity index (χ1) is 16.2. The van der Waals surface area contributed by atoms with Gasteiger partial charge in [0.1, 0.15) is 5.82 Å². The molecule has 3 aromatic heterocycles. The number of hydrogen-bond acceptors (Lipinski definition) is 7. The quantitative estimate of drug-likeness (QED) is 0.431. The predicted molar refractivity (Wildman–Crippen MR) is 131 cm³/mol. The summed E-state index contributed by atoms with van der Waals surface area (Å²) in [6.07, 6.45) is 5.42. The third kappa shape index (κ3) is 3.44. The lowest BCUT2D eigenvalue weighted by atomic mass is 9.89. The van der Waals surface area contributed by atoms with Crippen LogP contribution < -0.4 is 5.32 Å². The Morgan fingerprint density at radius 3 is 2.70 bits per heavy atom. The second-order valence-electron chi connectivity index (χ2n) is 9.60. The number of nitrogens with one attached hydrogen (secondary N) is 2. The van der Waals surface area contributed by atoms with Gasteiger partial charge in [-0.1, -0.05) is 0 Å². The molecular formula is C25H27N5O2S. The molecular weight excluding hydrogens is 434 g/mol. The Morgan fingerprint density at radius 1 is 1.12 bits per heavy atom. The number of aliphatic hydroxyl groups excluding tert-OH is 1. The number of pyridine rings is 1. The van der Waals surface area contributed by atoms with Crippen LogP contribution in [0.15, 0.2) is 29.8 Å². The van der Waals surface area contributed by atoms with Crippen LogP contribution in [0.1, 0.15) is 24.0 Å². The van der Waals surface area contributed by atoms with Crippen molar-refractivity contribution in [3.8, 4) is 11.4 Å². The zero-order chi connectivity index (χ0) is 21.9. The molecule has 0 spiro atoms. The molecule has 1 saturated carbocycles. The molecule has 0 bridgehead atoms. The SMILES string of the molecule is OC1CC(Nc2c(-c3nc4cc5c(cc4[nH]3)CCN(C3COC3)CC5)cnc3ccsc23)C1. The monoisotopic (exact) mass is 461 g/mol. The molecule has 33 heavy (non-hydrogen) atoms. The molecule has 0 radical (unpaired) electrons. The zero-order valence-electron chi connectivity index (χ0n) is 18.4. The predicted octanol–water partition coefficient (Wildman–Crippen LogP) is 3.57. The lowest BCUT2D eigenvalue weighted by Crippen LogP contribution is -2.49. The van der Waals surface area contributed by atoms with Crippen molar-refractivity contribution in [1.29, 1.82) is 0 Å². The van der Waals surface area contributed by atoms with E-state index in [0.717, 1.165) is 90.3 Å². The number of imidazole rings is 1. The summed E-state index contributed by atoms with van der Waals surface area (Å²) in [6, 6.07) is 7.51. The highest BCUT2D eigenvalue weighted by molar-refractivity contribution is 7.17. The van der Waals surface area contributed by atoms with Crippen molar-refractivity contribution in [2.24, 2.45) is 0 Å². The molecule has 8 heteroatoms. The Kier molecular flexibility index (Phi) is 4.69. The molecule has 5 heterocycles. The van der Waals surface area contributed by atoms with Crippen LogP contribution in [0.2, 0.25) is 0 Å². The van der Waals surface area contributed by atoms with Crippen LogP contribution in [0.3, 0.4) is 0 Å². The van der Waals surface area contributed by atoms with Crippen LogP contribution in [0, 0.1) is 0 Å². The van der Waals surface area contributed by atoms with Crippen molar-refractivity contribution in [2.45, 2.75) is 43.9 Å². The van der Waals surface area contributed by atoms with E-state index in [4.69, 9.17) is 9.72 Å². The van der Waals surface area contributed by atoms with Crippen LogP contribution in [-0.4, -0.2) is 69.4 Å². The molecule has 1 saturated heterocycles. The summed E-state index contributed by atoms with van der Waals surface area (Å²) < 4.78 is 6.55. The van der Waals surface area contributed by atoms with E-state index in [1.165, 1.54) is 11.1 Å². The molecule has 3 aliphatic rings. The fourth-order valence-corrected chi connectivity index (χ4v) is 6.18. The van der Waals surface area contributed by atoms with Crippen molar-refractivity contribution in [2.75, 3.05) is 31.6 Å². The van der Waals surface area contributed by atoms with Crippen molar-refractivity contribution in [1.82, 2.24) is 19.9 Å². The molecule has 0 unspecified atom stereocenters. The Morgan fingerprint density at radius 2 is 1.94 bits per heavy atom. The van der Waals surface area contributed by atoms with Gasteiger partial charge in [-0.05, 0) is 60.4 Å². The van der Waals surface area contributed by atoms with E-state index in [0.29, 0.717) is 6.04 Å². The smallest absolute Gasteiger partial charge is 0.142 e. The number of anilines is 1. The Balaban J connectivity index is 1.24. The summed E-state index contributed by atoms with van der Waals surface area (Å²) in [4.78, 5) is 15.9. The highest BCUT2D eigenvalue weighted by Crippen LogP contribution is 2.38. The standard InChI is InChI=1S/C25H27N5O2S/c31-18-9-16(10-18)27-23-19(11-26-20-3-6-33-24(20)23)25-28-21-7-14-1-4-30(17-12-32-13-17)5-2-15(14)8-22(21)29-25/h3,6-8,11,16-18,31H,1-2,4-5,9-10,12-13H2,(H,26,27)(H,28,29). The Bertz CT molecular complexity index is 1290. The lowest BCUT2D eigenvalue weighted by Gasteiger charge is -2.36. The molecule has 4 aromatic rings. The van der Waals surface area contributed by atoms with E-state index < -0.39 is 0 Å². The molecule has 7 rings (SSSR count). The fraction of sp³-hybridized carbons (Fsp3) is 0.440. The first kappa shape index (κ1) is 19.9. The number of aromatic amines is 1. The van der Waals surface area contributed by atoms with E-state index in [-0.39, 0.29) is 12.1 Å². The maximum atomic E-state index is 9.76. The van der Waals surface area contributed by atoms with Gasteiger partial charge in [-0.15, -0.1) is 11.3 Å². The summed E-state index contributed by atoms with van der Waals surface area (Å²) >= 11 is 1.70. The highest BCUT2D eigenvalue weighted by atomic mass is 32.1. The van der Waals surface area contributed by atoms with Crippen molar-refractivity contribution < 1.29 is 9.84 Å². The normalized spacial score (nSPS) is 23.8. The van der Waals surface area contributed by atoms with Gasteiger partial charge in [-0.3, -0.25) is 9.88 Å². The first-order valence-corrected chi connectivity index (χ1v) is 12.7. The van der Waals surface area contributed by atoms with Gasteiger partial charge in [0.15, 0.2) is 0 Å². The zero-order valence-corrected chi connectivity index (χ0v) is 19.2. The van der Waals surface area contributed by atoms with Gasteiger partial charge in [0.05, 0.1) is 57.9 Å². The maximum absolute atomic E-state index is 9.76. The highest BCUT2D eigenvalue weighted by Gasteiger charge is 2.30. The summed E-state index contributed by atoms with van der Waals surface area (Å²) in [5, 5.41) is 15.5. The number of rotatable bonds is 4. The molecule has 0 atom stereocenters. The van der Waals surface area contributed by atoms with Crippen LogP contribution in [0.4, 0.5) is 5.69 Å². The minimum atomic E-state index is -0.194. The number of aliphatic hydroxyl groups is 1. The number of benzene rings is 1.